The molecule has 1 aromatic heterocycles. The van der Waals surface area contributed by atoms with Crippen molar-refractivity contribution in [2.45, 2.75) is 18.9 Å². The van der Waals surface area contributed by atoms with E-state index < -0.39 is 29.9 Å². The topological polar surface area (TPSA) is 117 Å². The standard InChI is InChI=1S/C19H17ClN4O4/c20-12-2-1-11-4-6-23(14(11)9-12)19(28)24-16(18(26)27)13(17(24)25)7-10-3-5-22-15(21)8-10/h1-3,5,8-9,13,16H,4,6-7H2,(H2,21,22)(H,26,27)/t13-,16+/m1/s1. The summed E-state index contributed by atoms with van der Waals surface area (Å²) in [4.78, 5) is 43.6. The Morgan fingerprint density at radius 1 is 1.29 bits per heavy atom. The SMILES string of the molecule is Nc1cc(C[C@H]2C(=O)N(C(=O)N3CCc4ccc(Cl)cc43)[C@@H]2C(=O)O)ccn1. The first-order valence-electron chi connectivity index (χ1n) is 8.73. The second-order valence-electron chi connectivity index (χ2n) is 6.85. The average molecular weight is 401 g/mol. The minimum atomic E-state index is -1.22. The predicted molar refractivity (Wildman–Crippen MR) is 102 cm³/mol. The smallest absolute Gasteiger partial charge is 0.332 e. The minimum Gasteiger partial charge on any atom is -0.480 e. The van der Waals surface area contributed by atoms with E-state index in [2.05, 4.69) is 4.98 Å². The molecule has 3 amide bonds. The molecule has 2 aromatic rings. The summed E-state index contributed by atoms with van der Waals surface area (Å²) in [5, 5.41) is 10.1. The molecule has 2 aliphatic heterocycles. The second kappa shape index (κ2) is 6.79. The van der Waals surface area contributed by atoms with Gasteiger partial charge in [-0.25, -0.2) is 19.5 Å². The molecule has 1 saturated heterocycles. The summed E-state index contributed by atoms with van der Waals surface area (Å²) in [5.41, 5.74) is 7.88. The Labute approximate surface area is 165 Å². The van der Waals surface area contributed by atoms with Gasteiger partial charge in [-0.1, -0.05) is 17.7 Å². The van der Waals surface area contributed by atoms with Crippen LogP contribution >= 0.6 is 11.6 Å². The van der Waals surface area contributed by atoms with Gasteiger partial charge in [0.1, 0.15) is 5.82 Å². The molecule has 28 heavy (non-hydrogen) atoms. The molecule has 1 fully saturated rings. The molecule has 0 unspecified atom stereocenters. The van der Waals surface area contributed by atoms with E-state index in [1.54, 1.807) is 24.3 Å². The maximum atomic E-state index is 13.0. The number of imide groups is 1. The quantitative estimate of drug-likeness (QED) is 0.760. The van der Waals surface area contributed by atoms with Gasteiger partial charge in [0.15, 0.2) is 6.04 Å². The molecular weight excluding hydrogens is 384 g/mol. The van der Waals surface area contributed by atoms with Crippen molar-refractivity contribution in [2.75, 3.05) is 17.2 Å². The van der Waals surface area contributed by atoms with Crippen LogP contribution in [0.25, 0.3) is 0 Å². The highest BCUT2D eigenvalue weighted by molar-refractivity contribution is 6.31. The third-order valence-corrected chi connectivity index (χ3v) is 5.38. The average Bonchev–Trinajstić information content (AvgIpc) is 3.06. The van der Waals surface area contributed by atoms with Crippen LogP contribution < -0.4 is 10.6 Å². The summed E-state index contributed by atoms with van der Waals surface area (Å²) in [6, 6.07) is 6.62. The number of nitrogens with two attached hydrogens (primary N) is 1. The molecule has 0 radical (unpaired) electrons. The Balaban J connectivity index is 1.57. The number of benzene rings is 1. The number of nitrogen functional groups attached to an aromatic ring is 1. The summed E-state index contributed by atoms with van der Waals surface area (Å²) in [5.74, 6) is -2.27. The third kappa shape index (κ3) is 2.95. The van der Waals surface area contributed by atoms with Crippen molar-refractivity contribution in [1.29, 1.82) is 0 Å². The number of pyridine rings is 1. The normalized spacial score (nSPS) is 20.7. The molecule has 0 bridgehead atoms. The van der Waals surface area contributed by atoms with Crippen LogP contribution in [0.15, 0.2) is 36.5 Å². The van der Waals surface area contributed by atoms with E-state index in [0.717, 1.165) is 10.5 Å². The van der Waals surface area contributed by atoms with E-state index >= 15 is 0 Å². The van der Waals surface area contributed by atoms with Gasteiger partial charge in [-0.2, -0.15) is 0 Å². The first kappa shape index (κ1) is 18.2. The van der Waals surface area contributed by atoms with E-state index in [-0.39, 0.29) is 12.2 Å². The molecule has 9 heteroatoms. The second-order valence-corrected chi connectivity index (χ2v) is 7.28. The lowest BCUT2D eigenvalue weighted by atomic mass is 9.82. The number of carboxylic acid groups (broad SMARTS) is 1. The van der Waals surface area contributed by atoms with Gasteiger partial charge in [0.05, 0.1) is 11.6 Å². The number of aliphatic carboxylic acids is 1. The lowest BCUT2D eigenvalue weighted by Crippen LogP contribution is -2.69. The number of anilines is 2. The zero-order valence-electron chi connectivity index (χ0n) is 14.7. The largest absolute Gasteiger partial charge is 0.480 e. The van der Waals surface area contributed by atoms with Crippen LogP contribution in [0.1, 0.15) is 11.1 Å². The van der Waals surface area contributed by atoms with Gasteiger partial charge in [0.25, 0.3) is 0 Å². The van der Waals surface area contributed by atoms with Crippen molar-refractivity contribution >= 4 is 41.0 Å². The van der Waals surface area contributed by atoms with Crippen LogP contribution in [-0.4, -0.2) is 45.5 Å². The van der Waals surface area contributed by atoms with Gasteiger partial charge >= 0.3 is 12.0 Å². The number of halogens is 1. The van der Waals surface area contributed by atoms with Crippen molar-refractivity contribution in [1.82, 2.24) is 9.88 Å². The number of carbonyl (C=O) groups excluding carboxylic acids is 2. The van der Waals surface area contributed by atoms with E-state index in [1.165, 1.54) is 11.1 Å². The molecule has 4 rings (SSSR count). The van der Waals surface area contributed by atoms with Crippen LogP contribution in [0.5, 0.6) is 0 Å². The van der Waals surface area contributed by atoms with Gasteiger partial charge in [0, 0.05) is 17.8 Å². The Bertz CT molecular complexity index is 996. The molecule has 3 N–H and O–H groups in total. The number of hydrogen-bond donors (Lipinski definition) is 2. The molecule has 2 aliphatic rings. The van der Waals surface area contributed by atoms with Crippen LogP contribution in [0, 0.1) is 5.92 Å². The number of urea groups is 1. The van der Waals surface area contributed by atoms with Gasteiger partial charge in [-0.3, -0.25) is 9.69 Å². The maximum Gasteiger partial charge on any atom is 0.332 e. The number of amides is 3. The van der Waals surface area contributed by atoms with Crippen LogP contribution in [0.2, 0.25) is 5.02 Å². The molecule has 0 saturated carbocycles. The first-order chi connectivity index (χ1) is 13.4. The summed E-state index contributed by atoms with van der Waals surface area (Å²) < 4.78 is 0. The fourth-order valence-electron chi connectivity index (χ4n) is 3.80. The number of carboxylic acids is 1. The molecule has 2 atom stereocenters. The van der Waals surface area contributed by atoms with Gasteiger partial charge in [-0.05, 0) is 48.2 Å². The number of aromatic nitrogens is 1. The zero-order chi connectivity index (χ0) is 20.0. The number of carbonyl (C=O) groups is 3. The monoisotopic (exact) mass is 400 g/mol. The molecular formula is C19H17ClN4O4. The molecule has 0 aliphatic carbocycles. The Morgan fingerprint density at radius 2 is 2.07 bits per heavy atom. The van der Waals surface area contributed by atoms with Crippen molar-refractivity contribution in [3.05, 3.63) is 52.7 Å². The zero-order valence-corrected chi connectivity index (χ0v) is 15.5. The Kier molecular flexibility index (Phi) is 4.43. The summed E-state index contributed by atoms with van der Waals surface area (Å²) in [6.07, 6.45) is 2.30. The van der Waals surface area contributed by atoms with E-state index in [1.807, 2.05) is 6.07 Å². The minimum absolute atomic E-state index is 0.175. The van der Waals surface area contributed by atoms with Crippen molar-refractivity contribution in [3.8, 4) is 0 Å². The third-order valence-electron chi connectivity index (χ3n) is 5.15. The summed E-state index contributed by atoms with van der Waals surface area (Å²) in [6.45, 7) is 0.371. The highest BCUT2D eigenvalue weighted by atomic mass is 35.5. The molecule has 0 spiro atoms. The maximum absolute atomic E-state index is 13.0. The Hall–Kier alpha value is -3.13. The first-order valence-corrected chi connectivity index (χ1v) is 9.11. The lowest BCUT2D eigenvalue weighted by molar-refractivity contribution is -0.165. The predicted octanol–water partition coefficient (Wildman–Crippen LogP) is 1.95. The van der Waals surface area contributed by atoms with E-state index in [4.69, 9.17) is 17.3 Å². The summed E-state index contributed by atoms with van der Waals surface area (Å²) >= 11 is 6.03. The highest BCUT2D eigenvalue weighted by Crippen LogP contribution is 2.36. The number of nitrogens with zero attached hydrogens (tertiary/aromatic N) is 3. The lowest BCUT2D eigenvalue weighted by Gasteiger charge is -2.44. The Morgan fingerprint density at radius 3 is 2.79 bits per heavy atom. The van der Waals surface area contributed by atoms with Crippen molar-refractivity contribution in [3.63, 3.8) is 0 Å². The van der Waals surface area contributed by atoms with Crippen molar-refractivity contribution in [2.24, 2.45) is 5.92 Å². The van der Waals surface area contributed by atoms with Crippen LogP contribution in [0.4, 0.5) is 16.3 Å². The number of rotatable bonds is 3. The number of likely N-dealkylation sites (tertiary alicyclic amines) is 1. The van der Waals surface area contributed by atoms with Gasteiger partial charge < -0.3 is 10.8 Å². The van der Waals surface area contributed by atoms with Crippen LogP contribution in [-0.2, 0) is 22.4 Å². The van der Waals surface area contributed by atoms with E-state index in [0.29, 0.717) is 29.2 Å². The molecule has 144 valence electrons. The van der Waals surface area contributed by atoms with Crippen molar-refractivity contribution < 1.29 is 19.5 Å². The highest BCUT2D eigenvalue weighted by Gasteiger charge is 2.56. The van der Waals surface area contributed by atoms with Gasteiger partial charge in [-0.15, -0.1) is 0 Å². The number of hydrogen-bond acceptors (Lipinski definition) is 5. The number of β-lactam (4-membered cyclic amide) rings is 1. The summed E-state index contributed by atoms with van der Waals surface area (Å²) in [7, 11) is 0. The fraction of sp³-hybridized carbons (Fsp3) is 0.263. The molecule has 1 aromatic carbocycles. The molecule has 3 heterocycles. The fourth-order valence-corrected chi connectivity index (χ4v) is 3.97. The molecule has 8 nitrogen and oxygen atoms in total. The van der Waals surface area contributed by atoms with Gasteiger partial charge in [0.2, 0.25) is 5.91 Å². The van der Waals surface area contributed by atoms with Crippen LogP contribution in [0.3, 0.4) is 0 Å². The van der Waals surface area contributed by atoms with E-state index in [9.17, 15) is 19.5 Å². The number of fused-ring (bicyclic) bond motifs is 1.